The fourth-order valence-electron chi connectivity index (χ4n) is 3.92. The summed E-state index contributed by atoms with van der Waals surface area (Å²) in [5, 5.41) is 20.1. The average Bonchev–Trinajstić information content (AvgIpc) is 3.06. The predicted octanol–water partition coefficient (Wildman–Crippen LogP) is 2.57. The Hall–Kier alpha value is -3.00. The summed E-state index contributed by atoms with van der Waals surface area (Å²) in [6, 6.07) is 8.23. The minimum absolute atomic E-state index is 0.0194. The van der Waals surface area contributed by atoms with Crippen molar-refractivity contribution in [1.29, 1.82) is 0 Å². The van der Waals surface area contributed by atoms with Crippen LogP contribution in [0.15, 0.2) is 24.3 Å². The third-order valence-electron chi connectivity index (χ3n) is 5.37. The average molecular weight is 393 g/mol. The van der Waals surface area contributed by atoms with Gasteiger partial charge in [-0.25, -0.2) is 15.0 Å². The van der Waals surface area contributed by atoms with E-state index in [2.05, 4.69) is 50.0 Å². The molecule has 2 aromatic heterocycles. The predicted molar refractivity (Wildman–Crippen MR) is 116 cm³/mol. The first-order chi connectivity index (χ1) is 14.1. The lowest BCUT2D eigenvalue weighted by Gasteiger charge is -2.18. The SMILES string of the molecule is CCCNc1nc(NC)nc2c(C[C@@H]3c4ccccc4C[C@@H]3O)nc(NC)nc12. The molecule has 0 radical (unpaired) electrons. The summed E-state index contributed by atoms with van der Waals surface area (Å²) in [6.45, 7) is 2.89. The van der Waals surface area contributed by atoms with Gasteiger partial charge in [0.1, 0.15) is 11.0 Å². The zero-order valence-corrected chi connectivity index (χ0v) is 17.0. The lowest BCUT2D eigenvalue weighted by molar-refractivity contribution is 0.156. The molecule has 4 N–H and O–H groups in total. The molecule has 0 saturated heterocycles. The highest BCUT2D eigenvalue weighted by Gasteiger charge is 2.32. The third-order valence-corrected chi connectivity index (χ3v) is 5.37. The summed E-state index contributed by atoms with van der Waals surface area (Å²) in [7, 11) is 3.59. The minimum atomic E-state index is -0.432. The molecule has 152 valence electrons. The number of benzene rings is 1. The highest BCUT2D eigenvalue weighted by molar-refractivity contribution is 5.88. The van der Waals surface area contributed by atoms with Gasteiger partial charge in [0.15, 0.2) is 5.82 Å². The molecule has 3 aromatic rings. The molecule has 29 heavy (non-hydrogen) atoms. The lowest BCUT2D eigenvalue weighted by Crippen LogP contribution is -2.18. The molecule has 0 aliphatic heterocycles. The largest absolute Gasteiger partial charge is 0.392 e. The number of rotatable bonds is 7. The number of nitrogens with zero attached hydrogens (tertiary/aromatic N) is 4. The Morgan fingerprint density at radius 2 is 1.72 bits per heavy atom. The van der Waals surface area contributed by atoms with Crippen molar-refractivity contribution < 1.29 is 5.11 Å². The van der Waals surface area contributed by atoms with Crippen LogP contribution in [0.3, 0.4) is 0 Å². The van der Waals surface area contributed by atoms with Crippen LogP contribution in [-0.2, 0) is 12.8 Å². The number of hydrogen-bond acceptors (Lipinski definition) is 8. The first-order valence-corrected chi connectivity index (χ1v) is 10.1. The highest BCUT2D eigenvalue weighted by atomic mass is 16.3. The van der Waals surface area contributed by atoms with Crippen molar-refractivity contribution in [3.8, 4) is 0 Å². The van der Waals surface area contributed by atoms with Crippen molar-refractivity contribution in [2.45, 2.75) is 38.2 Å². The molecular weight excluding hydrogens is 366 g/mol. The van der Waals surface area contributed by atoms with Gasteiger partial charge in [-0.1, -0.05) is 31.2 Å². The van der Waals surface area contributed by atoms with Gasteiger partial charge in [0, 0.05) is 33.0 Å². The monoisotopic (exact) mass is 393 g/mol. The molecule has 1 aliphatic rings. The Balaban J connectivity index is 1.83. The molecule has 2 heterocycles. The van der Waals surface area contributed by atoms with Gasteiger partial charge >= 0.3 is 0 Å². The smallest absolute Gasteiger partial charge is 0.225 e. The Morgan fingerprint density at radius 3 is 2.48 bits per heavy atom. The zero-order valence-electron chi connectivity index (χ0n) is 17.0. The lowest BCUT2D eigenvalue weighted by atomic mass is 9.94. The summed E-state index contributed by atoms with van der Waals surface area (Å²) in [5.41, 5.74) is 4.59. The van der Waals surface area contributed by atoms with Gasteiger partial charge < -0.3 is 21.1 Å². The molecule has 1 aliphatic carbocycles. The second-order valence-corrected chi connectivity index (χ2v) is 7.29. The zero-order chi connectivity index (χ0) is 20.4. The van der Waals surface area contributed by atoms with Gasteiger partial charge in [-0.15, -0.1) is 0 Å². The van der Waals surface area contributed by atoms with Crippen LogP contribution >= 0.6 is 0 Å². The fraction of sp³-hybridized carbons (Fsp3) is 0.429. The maximum atomic E-state index is 10.7. The summed E-state index contributed by atoms with van der Waals surface area (Å²) in [5.74, 6) is 1.71. The van der Waals surface area contributed by atoms with Crippen LogP contribution in [0.1, 0.15) is 36.1 Å². The molecule has 1 aromatic carbocycles. The normalized spacial score (nSPS) is 17.9. The minimum Gasteiger partial charge on any atom is -0.392 e. The highest BCUT2D eigenvalue weighted by Crippen LogP contribution is 2.37. The van der Waals surface area contributed by atoms with Crippen LogP contribution in [0.4, 0.5) is 17.7 Å². The van der Waals surface area contributed by atoms with Crippen LogP contribution < -0.4 is 16.0 Å². The number of aliphatic hydroxyl groups excluding tert-OH is 1. The third kappa shape index (κ3) is 3.67. The number of anilines is 3. The molecule has 0 amide bonds. The van der Waals surface area contributed by atoms with Crippen LogP contribution in [0.25, 0.3) is 11.0 Å². The van der Waals surface area contributed by atoms with E-state index in [0.717, 1.165) is 18.7 Å². The van der Waals surface area contributed by atoms with Gasteiger partial charge in [-0.05, 0) is 24.0 Å². The molecule has 2 atom stereocenters. The van der Waals surface area contributed by atoms with E-state index in [1.165, 1.54) is 11.1 Å². The van der Waals surface area contributed by atoms with Crippen molar-refractivity contribution in [2.24, 2.45) is 0 Å². The first-order valence-electron chi connectivity index (χ1n) is 10.1. The van der Waals surface area contributed by atoms with Crippen molar-refractivity contribution in [1.82, 2.24) is 19.9 Å². The molecule has 0 saturated carbocycles. The van der Waals surface area contributed by atoms with Gasteiger partial charge in [0.2, 0.25) is 11.9 Å². The maximum Gasteiger partial charge on any atom is 0.225 e. The standard InChI is InChI=1S/C21H27N7O/c1-4-9-24-19-18-17(26-21(23-3)28-19)15(25-20(22-2)27-18)11-14-13-8-6-5-7-12(13)10-16(14)29/h5-8,14,16,29H,4,9-11H2,1-3H3,(H,22,25,27)(H2,23,24,26,28)/t14-,16+/m1/s1. The Kier molecular flexibility index (Phi) is 5.44. The number of hydrogen-bond donors (Lipinski definition) is 4. The molecule has 0 bridgehead atoms. The molecule has 4 rings (SSSR count). The van der Waals surface area contributed by atoms with Crippen molar-refractivity contribution in [3.63, 3.8) is 0 Å². The van der Waals surface area contributed by atoms with E-state index < -0.39 is 6.10 Å². The van der Waals surface area contributed by atoms with Crippen molar-refractivity contribution in [3.05, 3.63) is 41.1 Å². The molecule has 0 unspecified atom stereocenters. The fourth-order valence-corrected chi connectivity index (χ4v) is 3.92. The number of aromatic nitrogens is 4. The van der Waals surface area contributed by atoms with E-state index in [1.807, 2.05) is 12.1 Å². The van der Waals surface area contributed by atoms with E-state index in [0.29, 0.717) is 41.6 Å². The van der Waals surface area contributed by atoms with E-state index in [9.17, 15) is 5.11 Å². The second-order valence-electron chi connectivity index (χ2n) is 7.29. The second kappa shape index (κ2) is 8.16. The van der Waals surface area contributed by atoms with Gasteiger partial charge in [0.05, 0.1) is 11.8 Å². The molecular formula is C21H27N7O. The van der Waals surface area contributed by atoms with Crippen LogP contribution in [0.2, 0.25) is 0 Å². The van der Waals surface area contributed by atoms with E-state index in [1.54, 1.807) is 14.1 Å². The molecule has 8 nitrogen and oxygen atoms in total. The Bertz CT molecular complexity index is 1020. The maximum absolute atomic E-state index is 10.7. The van der Waals surface area contributed by atoms with Crippen LogP contribution in [0.5, 0.6) is 0 Å². The summed E-state index contributed by atoms with van der Waals surface area (Å²) in [6.07, 6.45) is 1.79. The number of nitrogens with one attached hydrogen (secondary N) is 3. The molecule has 8 heteroatoms. The van der Waals surface area contributed by atoms with Crippen LogP contribution in [-0.4, -0.2) is 51.8 Å². The first kappa shape index (κ1) is 19.3. The molecule has 0 spiro atoms. The quantitative estimate of drug-likeness (QED) is 0.485. The van der Waals surface area contributed by atoms with Gasteiger partial charge in [-0.3, -0.25) is 0 Å². The van der Waals surface area contributed by atoms with Crippen molar-refractivity contribution >= 4 is 28.7 Å². The molecule has 0 fully saturated rings. The van der Waals surface area contributed by atoms with E-state index in [-0.39, 0.29) is 5.92 Å². The van der Waals surface area contributed by atoms with Gasteiger partial charge in [-0.2, -0.15) is 4.98 Å². The van der Waals surface area contributed by atoms with Crippen molar-refractivity contribution in [2.75, 3.05) is 36.6 Å². The van der Waals surface area contributed by atoms with Crippen LogP contribution in [0, 0.1) is 0 Å². The van der Waals surface area contributed by atoms with E-state index in [4.69, 9.17) is 4.98 Å². The number of aliphatic hydroxyl groups is 1. The topological polar surface area (TPSA) is 108 Å². The van der Waals surface area contributed by atoms with E-state index >= 15 is 0 Å². The Labute approximate surface area is 170 Å². The summed E-state index contributed by atoms with van der Waals surface area (Å²) in [4.78, 5) is 18.5. The summed E-state index contributed by atoms with van der Waals surface area (Å²) >= 11 is 0. The summed E-state index contributed by atoms with van der Waals surface area (Å²) < 4.78 is 0. The Morgan fingerprint density at radius 1 is 1.00 bits per heavy atom. The number of fused-ring (bicyclic) bond motifs is 2. The van der Waals surface area contributed by atoms with Gasteiger partial charge in [0.25, 0.3) is 0 Å².